The molecule has 10 nitrogen and oxygen atoms in total. The Labute approximate surface area is 281 Å². The third kappa shape index (κ3) is 5.58. The molecule has 0 spiro atoms. The van der Waals surface area contributed by atoms with Crippen LogP contribution in [-0.4, -0.2) is 69.4 Å². The van der Waals surface area contributed by atoms with Crippen molar-refractivity contribution in [2.24, 2.45) is 0 Å². The first-order valence-corrected chi connectivity index (χ1v) is 16.0. The third-order valence-corrected chi connectivity index (χ3v) is 9.98. The smallest absolute Gasteiger partial charge is 0.418 e. The molecule has 0 radical (unpaired) electrons. The van der Waals surface area contributed by atoms with Crippen LogP contribution in [0.2, 0.25) is 5.02 Å². The Morgan fingerprint density at radius 3 is 2.69 bits per heavy atom. The van der Waals surface area contributed by atoms with Crippen molar-refractivity contribution < 1.29 is 35.8 Å². The molecule has 1 aromatic carbocycles. The normalized spacial score (nSPS) is 21.5. The van der Waals surface area contributed by atoms with Gasteiger partial charge in [0.15, 0.2) is 11.6 Å². The summed E-state index contributed by atoms with van der Waals surface area (Å²) in [5.41, 5.74) is 8.08. The molecule has 0 bridgehead atoms. The Hall–Kier alpha value is -4.31. The molecular formula is C32H31ClF6N8O2. The summed E-state index contributed by atoms with van der Waals surface area (Å²) in [6, 6.07) is 1.19. The summed E-state index contributed by atoms with van der Waals surface area (Å²) in [5.74, 6) is -2.31. The number of hydrogen-bond acceptors (Lipinski definition) is 10. The number of hydrogen-bond donors (Lipinski definition) is 2. The summed E-state index contributed by atoms with van der Waals surface area (Å²) in [6.45, 7) is 3.76. The van der Waals surface area contributed by atoms with E-state index in [0.717, 1.165) is 18.7 Å². The minimum absolute atomic E-state index is 0.0195. The lowest BCUT2D eigenvalue weighted by atomic mass is 9.95. The predicted molar refractivity (Wildman–Crippen MR) is 170 cm³/mol. The van der Waals surface area contributed by atoms with Crippen LogP contribution in [0.5, 0.6) is 11.8 Å². The molecule has 0 aliphatic carbocycles. The van der Waals surface area contributed by atoms with Crippen LogP contribution in [0.25, 0.3) is 22.2 Å². The van der Waals surface area contributed by atoms with Gasteiger partial charge in [-0.3, -0.25) is 4.90 Å². The molecule has 3 atom stereocenters. The largest absolute Gasteiger partial charge is 0.489 e. The Morgan fingerprint density at radius 1 is 1.16 bits per heavy atom. The number of anilines is 3. The number of nitrogen functional groups attached to an aromatic ring is 2. The second kappa shape index (κ2) is 11.9. The highest BCUT2D eigenvalue weighted by atomic mass is 35.5. The van der Waals surface area contributed by atoms with E-state index in [0.29, 0.717) is 13.0 Å². The van der Waals surface area contributed by atoms with Crippen molar-refractivity contribution in [3.05, 3.63) is 51.7 Å². The monoisotopic (exact) mass is 708 g/mol. The Morgan fingerprint density at radius 2 is 1.94 bits per heavy atom. The molecule has 4 aromatic rings. The van der Waals surface area contributed by atoms with Gasteiger partial charge in [-0.05, 0) is 50.9 Å². The van der Waals surface area contributed by atoms with Crippen LogP contribution in [0.15, 0.2) is 18.3 Å². The highest BCUT2D eigenvalue weighted by molar-refractivity contribution is 6.36. The van der Waals surface area contributed by atoms with Crippen LogP contribution in [0.3, 0.4) is 0 Å². The van der Waals surface area contributed by atoms with Gasteiger partial charge in [-0.2, -0.15) is 23.1 Å². The van der Waals surface area contributed by atoms with Crippen molar-refractivity contribution in [2.75, 3.05) is 49.2 Å². The van der Waals surface area contributed by atoms with E-state index >= 15 is 4.39 Å². The quantitative estimate of drug-likeness (QED) is 0.217. The van der Waals surface area contributed by atoms with Gasteiger partial charge in [0.05, 0.1) is 51.6 Å². The van der Waals surface area contributed by atoms with Gasteiger partial charge in [-0.1, -0.05) is 11.6 Å². The molecule has 6 heterocycles. The Balaban J connectivity index is 1.46. The summed E-state index contributed by atoms with van der Waals surface area (Å²) in [6.07, 6.45) is -3.31. The van der Waals surface area contributed by atoms with Crippen molar-refractivity contribution >= 4 is 40.0 Å². The van der Waals surface area contributed by atoms with Crippen molar-refractivity contribution in [1.29, 1.82) is 0 Å². The molecule has 3 aliphatic heterocycles. The molecule has 0 saturated carbocycles. The topological polar surface area (TPSA) is 129 Å². The Bertz CT molecular complexity index is 1980. The van der Waals surface area contributed by atoms with Gasteiger partial charge in [0.1, 0.15) is 48.2 Å². The number of benzene rings is 1. The molecule has 2 saturated heterocycles. The molecule has 7 rings (SSSR count). The summed E-state index contributed by atoms with van der Waals surface area (Å²) >= 11 is 6.74. The number of rotatable bonds is 6. The van der Waals surface area contributed by atoms with E-state index in [4.69, 9.17) is 32.5 Å². The Kier molecular flexibility index (Phi) is 8.08. The number of nitrogens with two attached hydrogens (primary N) is 2. The zero-order valence-corrected chi connectivity index (χ0v) is 27.1. The van der Waals surface area contributed by atoms with Crippen LogP contribution >= 0.6 is 11.6 Å². The van der Waals surface area contributed by atoms with Crippen LogP contribution in [0.4, 0.5) is 43.8 Å². The maximum absolute atomic E-state index is 17.0. The number of halogens is 7. The maximum Gasteiger partial charge on any atom is 0.418 e. The lowest BCUT2D eigenvalue weighted by Crippen LogP contribution is -2.43. The molecular weight excluding hydrogens is 678 g/mol. The van der Waals surface area contributed by atoms with Gasteiger partial charge >= 0.3 is 12.2 Å². The molecule has 2 fully saturated rings. The molecule has 260 valence electrons. The van der Waals surface area contributed by atoms with Gasteiger partial charge in [0.2, 0.25) is 0 Å². The first-order valence-electron chi connectivity index (χ1n) is 15.6. The van der Waals surface area contributed by atoms with Gasteiger partial charge in [0.25, 0.3) is 0 Å². The second-order valence-corrected chi connectivity index (χ2v) is 13.1. The number of aryl methyl sites for hydroxylation is 1. The van der Waals surface area contributed by atoms with Crippen molar-refractivity contribution in [3.8, 4) is 23.0 Å². The first-order chi connectivity index (χ1) is 23.2. The SMILES string of the molecule is Cc1cc(N)nc(-c2c(Cl)c3c4c(nc(OC[C@@]56CCCN5C[C@H](F)C6)nc4c2F)N(C(C)c2cc(F)cnc2N)CCO3)c1C(F)(F)F. The van der Waals surface area contributed by atoms with E-state index in [-0.39, 0.29) is 78.5 Å². The van der Waals surface area contributed by atoms with E-state index in [1.54, 1.807) is 11.8 Å². The van der Waals surface area contributed by atoms with Crippen molar-refractivity contribution in [2.45, 2.75) is 57.0 Å². The van der Waals surface area contributed by atoms with Gasteiger partial charge in [-0.25, -0.2) is 23.1 Å². The van der Waals surface area contributed by atoms with E-state index in [1.165, 1.54) is 13.0 Å². The number of nitrogens with zero attached hydrogens (tertiary/aromatic N) is 6. The van der Waals surface area contributed by atoms with E-state index < -0.39 is 62.9 Å². The van der Waals surface area contributed by atoms with Crippen LogP contribution in [0, 0.1) is 18.6 Å². The molecule has 3 aromatic heterocycles. The van der Waals surface area contributed by atoms with Crippen molar-refractivity contribution in [1.82, 2.24) is 24.8 Å². The van der Waals surface area contributed by atoms with Gasteiger partial charge in [0, 0.05) is 18.5 Å². The van der Waals surface area contributed by atoms with E-state index in [1.807, 2.05) is 4.90 Å². The summed E-state index contributed by atoms with van der Waals surface area (Å²) in [5, 5.41) is -0.571. The molecule has 4 N–H and O–H groups in total. The number of alkyl halides is 4. The van der Waals surface area contributed by atoms with Gasteiger partial charge < -0.3 is 25.8 Å². The van der Waals surface area contributed by atoms with E-state index in [2.05, 4.69) is 19.9 Å². The molecule has 17 heteroatoms. The van der Waals surface area contributed by atoms with Crippen LogP contribution < -0.4 is 25.8 Å². The highest BCUT2D eigenvalue weighted by Crippen LogP contribution is 2.51. The summed E-state index contributed by atoms with van der Waals surface area (Å²) in [4.78, 5) is 20.4. The lowest BCUT2D eigenvalue weighted by Gasteiger charge is -2.32. The minimum atomic E-state index is -4.96. The first kappa shape index (κ1) is 33.2. The third-order valence-electron chi connectivity index (χ3n) is 9.61. The van der Waals surface area contributed by atoms with E-state index in [9.17, 15) is 22.0 Å². The predicted octanol–water partition coefficient (Wildman–Crippen LogP) is 6.43. The number of pyridine rings is 2. The van der Waals surface area contributed by atoms with Crippen molar-refractivity contribution in [3.63, 3.8) is 0 Å². The number of ether oxygens (including phenoxy) is 2. The second-order valence-electron chi connectivity index (χ2n) is 12.7. The fourth-order valence-corrected chi connectivity index (χ4v) is 7.75. The molecule has 0 amide bonds. The fraction of sp³-hybridized carbons (Fsp3) is 0.438. The lowest BCUT2D eigenvalue weighted by molar-refractivity contribution is -0.137. The highest BCUT2D eigenvalue weighted by Gasteiger charge is 2.49. The summed E-state index contributed by atoms with van der Waals surface area (Å²) in [7, 11) is 0. The summed E-state index contributed by atoms with van der Waals surface area (Å²) < 4.78 is 101. The standard InChI is InChI=1S/C32H31ClF6N8O2/c1-14-8-19(40)43-25(22(14)32(37,38)39)20-23(33)27-21-26(24(20)36)44-30(49-13-31-4-3-5-46(31)12-17(35)10-31)45-29(21)47(6-7-48-27)15(2)18-9-16(34)11-42-28(18)41/h8-9,11,15,17H,3-7,10,12-13H2,1-2H3,(H2,40,43)(H2,41,42)/t15?,17-,31+/m1/s1. The van der Waals surface area contributed by atoms with Gasteiger partial charge in [-0.15, -0.1) is 0 Å². The number of fused-ring (bicyclic) bond motifs is 1. The van der Waals surface area contributed by atoms with Crippen LogP contribution in [-0.2, 0) is 6.18 Å². The van der Waals surface area contributed by atoms with Crippen LogP contribution in [0.1, 0.15) is 48.9 Å². The molecule has 49 heavy (non-hydrogen) atoms. The average Bonchev–Trinajstić information content (AvgIpc) is 3.47. The average molecular weight is 709 g/mol. The zero-order chi connectivity index (χ0) is 35.0. The molecule has 1 unspecified atom stereocenters. The maximum atomic E-state index is 17.0. The molecule has 3 aliphatic rings. The number of aromatic nitrogens is 4. The zero-order valence-electron chi connectivity index (χ0n) is 26.3. The minimum Gasteiger partial charge on any atom is -0.489 e. The fourth-order valence-electron chi connectivity index (χ4n) is 7.43.